The molecule has 0 unspecified atom stereocenters. The van der Waals surface area contributed by atoms with Crippen molar-refractivity contribution in [1.29, 1.82) is 0 Å². The Kier molecular flexibility index (Phi) is 4.96. The normalized spacial score (nSPS) is 9.76. The summed E-state index contributed by atoms with van der Waals surface area (Å²) in [5.41, 5.74) is 10.9. The fraction of sp³-hybridized carbons (Fsp3) is 0.188. The van der Waals surface area contributed by atoms with Gasteiger partial charge < -0.3 is 4.74 Å². The number of rotatable bonds is 6. The minimum Gasteiger partial charge on any atom is -0.497 e. The number of carbonyl (C=O) groups is 1. The molecule has 0 radical (unpaired) electrons. The van der Waals surface area contributed by atoms with E-state index < -0.39 is 0 Å². The highest BCUT2D eigenvalue weighted by atomic mass is 16.5. The molecule has 0 aliphatic heterocycles. The Labute approximate surface area is 122 Å². The van der Waals surface area contributed by atoms with Crippen LogP contribution in [0.3, 0.4) is 0 Å². The van der Waals surface area contributed by atoms with Crippen molar-refractivity contribution in [3.05, 3.63) is 64.5 Å². The number of nitrogens with zero attached hydrogens (tertiary/aromatic N) is 3. The van der Waals surface area contributed by atoms with Crippen molar-refractivity contribution in [2.45, 2.75) is 6.42 Å². The zero-order valence-corrected chi connectivity index (χ0v) is 11.7. The third-order valence-electron chi connectivity index (χ3n) is 3.13. The first kappa shape index (κ1) is 14.6. The van der Waals surface area contributed by atoms with Crippen LogP contribution in [0.25, 0.3) is 21.6 Å². The van der Waals surface area contributed by atoms with Gasteiger partial charge in [-0.3, -0.25) is 4.79 Å². The largest absolute Gasteiger partial charge is 0.497 e. The number of benzene rings is 2. The van der Waals surface area contributed by atoms with E-state index >= 15 is 0 Å². The summed E-state index contributed by atoms with van der Waals surface area (Å²) in [5.74, 6) is 0.785. The number of azide groups is 1. The average Bonchev–Trinajstić information content (AvgIpc) is 2.55. The standard InChI is InChI=1S/C16H15N3O2/c1-21-15-8-6-13(7-9-15)12-2-4-14(5-3-12)16(20)10-11-18-19-17/h2-9H,10-11H2,1H3. The molecule has 0 amide bonds. The molecule has 0 atom stereocenters. The van der Waals surface area contributed by atoms with Gasteiger partial charge in [0.15, 0.2) is 5.78 Å². The highest BCUT2D eigenvalue weighted by Crippen LogP contribution is 2.22. The minimum atomic E-state index is -0.0244. The number of hydrogen-bond acceptors (Lipinski definition) is 3. The molecule has 0 aromatic heterocycles. The Morgan fingerprint density at radius 2 is 1.67 bits per heavy atom. The quantitative estimate of drug-likeness (QED) is 0.343. The molecule has 2 rings (SSSR count). The predicted molar refractivity (Wildman–Crippen MR) is 81.4 cm³/mol. The lowest BCUT2D eigenvalue weighted by atomic mass is 10.0. The van der Waals surface area contributed by atoms with Gasteiger partial charge in [0.05, 0.1) is 7.11 Å². The zero-order chi connectivity index (χ0) is 15.1. The van der Waals surface area contributed by atoms with Gasteiger partial charge in [0.2, 0.25) is 0 Å². The van der Waals surface area contributed by atoms with Gasteiger partial charge in [0.1, 0.15) is 5.75 Å². The molecule has 0 aliphatic carbocycles. The molecule has 0 saturated carbocycles. The summed E-state index contributed by atoms with van der Waals surface area (Å²) in [6.07, 6.45) is 0.228. The van der Waals surface area contributed by atoms with Gasteiger partial charge in [-0.1, -0.05) is 41.5 Å². The van der Waals surface area contributed by atoms with Gasteiger partial charge in [-0.25, -0.2) is 0 Å². The van der Waals surface area contributed by atoms with Crippen molar-refractivity contribution in [1.82, 2.24) is 0 Å². The van der Waals surface area contributed by atoms with Gasteiger partial charge in [0.25, 0.3) is 0 Å². The maximum atomic E-state index is 11.9. The Morgan fingerprint density at radius 3 is 2.19 bits per heavy atom. The average molecular weight is 281 g/mol. The highest BCUT2D eigenvalue weighted by molar-refractivity contribution is 5.96. The van der Waals surface area contributed by atoms with E-state index in [0.29, 0.717) is 5.56 Å². The number of ether oxygens (including phenoxy) is 1. The van der Waals surface area contributed by atoms with Gasteiger partial charge >= 0.3 is 0 Å². The fourth-order valence-electron chi connectivity index (χ4n) is 1.97. The third-order valence-corrected chi connectivity index (χ3v) is 3.13. The molecular weight excluding hydrogens is 266 g/mol. The van der Waals surface area contributed by atoms with Crippen LogP contribution in [-0.4, -0.2) is 19.4 Å². The number of Topliss-reactive ketones (excluding diaryl/α,β-unsaturated/α-hetero) is 1. The third kappa shape index (κ3) is 3.84. The Bertz CT molecular complexity index is 657. The Hall–Kier alpha value is -2.78. The molecule has 0 saturated heterocycles. The summed E-state index contributed by atoms with van der Waals surface area (Å²) in [5, 5.41) is 3.37. The lowest BCUT2D eigenvalue weighted by Crippen LogP contribution is -2.00. The van der Waals surface area contributed by atoms with Crippen LogP contribution in [0.1, 0.15) is 16.8 Å². The molecule has 21 heavy (non-hydrogen) atoms. The summed E-state index contributed by atoms with van der Waals surface area (Å²) in [6.45, 7) is 0.190. The van der Waals surface area contributed by atoms with Crippen LogP contribution in [0.5, 0.6) is 5.75 Å². The van der Waals surface area contributed by atoms with Crippen LogP contribution in [0.4, 0.5) is 0 Å². The zero-order valence-electron chi connectivity index (χ0n) is 11.7. The second kappa shape index (κ2) is 7.12. The first-order chi connectivity index (χ1) is 10.2. The Balaban J connectivity index is 2.10. The monoisotopic (exact) mass is 281 g/mol. The first-order valence-electron chi connectivity index (χ1n) is 6.53. The van der Waals surface area contributed by atoms with E-state index in [9.17, 15) is 4.79 Å². The maximum absolute atomic E-state index is 11.9. The van der Waals surface area contributed by atoms with Gasteiger partial charge in [-0.15, -0.1) is 0 Å². The molecule has 0 N–H and O–H groups in total. The Morgan fingerprint density at radius 1 is 1.10 bits per heavy atom. The van der Waals surface area contributed by atoms with Gasteiger partial charge in [-0.2, -0.15) is 0 Å². The fourth-order valence-corrected chi connectivity index (χ4v) is 1.97. The first-order valence-corrected chi connectivity index (χ1v) is 6.53. The van der Waals surface area contributed by atoms with E-state index in [1.54, 1.807) is 19.2 Å². The highest BCUT2D eigenvalue weighted by Gasteiger charge is 2.05. The van der Waals surface area contributed by atoms with Crippen LogP contribution in [0.2, 0.25) is 0 Å². The molecular formula is C16H15N3O2. The summed E-state index contributed by atoms with van der Waals surface area (Å²) in [6, 6.07) is 15.1. The lowest BCUT2D eigenvalue weighted by Gasteiger charge is -2.05. The molecule has 0 heterocycles. The van der Waals surface area contributed by atoms with E-state index in [2.05, 4.69) is 10.0 Å². The number of carbonyl (C=O) groups excluding carboxylic acids is 1. The molecule has 106 valence electrons. The molecule has 5 nitrogen and oxygen atoms in total. The topological polar surface area (TPSA) is 75.1 Å². The van der Waals surface area contributed by atoms with Crippen molar-refractivity contribution in [2.75, 3.05) is 13.7 Å². The van der Waals surface area contributed by atoms with Crippen molar-refractivity contribution < 1.29 is 9.53 Å². The molecule has 2 aromatic carbocycles. The van der Waals surface area contributed by atoms with Crippen molar-refractivity contribution in [3.63, 3.8) is 0 Å². The van der Waals surface area contributed by atoms with Crippen LogP contribution in [-0.2, 0) is 0 Å². The predicted octanol–water partition coefficient (Wildman–Crippen LogP) is 4.25. The van der Waals surface area contributed by atoms with E-state index in [1.807, 2.05) is 36.4 Å². The maximum Gasteiger partial charge on any atom is 0.163 e. The minimum absolute atomic E-state index is 0.0244. The van der Waals surface area contributed by atoms with E-state index in [0.717, 1.165) is 16.9 Å². The second-order valence-electron chi connectivity index (χ2n) is 4.43. The molecule has 2 aromatic rings. The molecule has 0 bridgehead atoms. The number of methoxy groups -OCH3 is 1. The summed E-state index contributed by atoms with van der Waals surface area (Å²) in [4.78, 5) is 14.5. The van der Waals surface area contributed by atoms with Crippen molar-refractivity contribution >= 4 is 5.78 Å². The van der Waals surface area contributed by atoms with Crippen LogP contribution < -0.4 is 4.74 Å². The number of hydrogen-bond donors (Lipinski definition) is 0. The van der Waals surface area contributed by atoms with Crippen molar-refractivity contribution in [3.8, 4) is 16.9 Å². The number of ketones is 1. The lowest BCUT2D eigenvalue weighted by molar-refractivity contribution is 0.0985. The summed E-state index contributed by atoms with van der Waals surface area (Å²) < 4.78 is 5.12. The van der Waals surface area contributed by atoms with Crippen LogP contribution in [0.15, 0.2) is 53.6 Å². The van der Waals surface area contributed by atoms with Crippen LogP contribution >= 0.6 is 0 Å². The van der Waals surface area contributed by atoms with E-state index in [4.69, 9.17) is 10.3 Å². The van der Waals surface area contributed by atoms with Crippen LogP contribution in [0, 0.1) is 0 Å². The van der Waals surface area contributed by atoms with Gasteiger partial charge in [-0.05, 0) is 28.8 Å². The van der Waals surface area contributed by atoms with Crippen molar-refractivity contribution in [2.24, 2.45) is 5.11 Å². The molecule has 0 spiro atoms. The molecule has 0 fully saturated rings. The SMILES string of the molecule is COc1ccc(-c2ccc(C(=O)CCN=[N+]=[N-])cc2)cc1. The molecule has 0 aliphatic rings. The smallest absolute Gasteiger partial charge is 0.163 e. The summed E-state index contributed by atoms with van der Waals surface area (Å²) >= 11 is 0. The van der Waals surface area contributed by atoms with E-state index in [-0.39, 0.29) is 18.7 Å². The molecule has 5 heteroatoms. The second-order valence-corrected chi connectivity index (χ2v) is 4.43. The van der Waals surface area contributed by atoms with Gasteiger partial charge in [0, 0.05) is 23.4 Å². The van der Waals surface area contributed by atoms with E-state index in [1.165, 1.54) is 0 Å². The summed E-state index contributed by atoms with van der Waals surface area (Å²) in [7, 11) is 1.63.